The van der Waals surface area contributed by atoms with Gasteiger partial charge in [0.15, 0.2) is 6.29 Å². The van der Waals surface area contributed by atoms with E-state index in [9.17, 15) is 9.18 Å². The highest BCUT2D eigenvalue weighted by Crippen LogP contribution is 2.34. The van der Waals surface area contributed by atoms with Gasteiger partial charge in [0.1, 0.15) is 5.82 Å². The molecule has 1 heterocycles. The zero-order chi connectivity index (χ0) is 13.1. The fourth-order valence-corrected chi connectivity index (χ4v) is 2.62. The first kappa shape index (κ1) is 12.8. The van der Waals surface area contributed by atoms with Gasteiger partial charge in [-0.2, -0.15) is 0 Å². The van der Waals surface area contributed by atoms with Crippen LogP contribution in [0.15, 0.2) is 30.3 Å². The van der Waals surface area contributed by atoms with Crippen LogP contribution >= 0.6 is 11.3 Å². The van der Waals surface area contributed by atoms with E-state index in [0.29, 0.717) is 4.88 Å². The summed E-state index contributed by atoms with van der Waals surface area (Å²) in [5.74, 6) is -0.258. The van der Waals surface area contributed by atoms with E-state index in [-0.39, 0.29) is 11.9 Å². The molecule has 1 aromatic carbocycles. The molecule has 0 radical (unpaired) electrons. The minimum absolute atomic E-state index is 0.258. The third-order valence-electron chi connectivity index (χ3n) is 2.44. The van der Waals surface area contributed by atoms with Gasteiger partial charge < -0.3 is 5.32 Å². The minimum atomic E-state index is -0.258. The Labute approximate surface area is 109 Å². The van der Waals surface area contributed by atoms with Gasteiger partial charge in [-0.3, -0.25) is 4.79 Å². The number of benzene rings is 1. The Balaban J connectivity index is 2.37. The number of aldehydes is 1. The molecule has 2 rings (SSSR count). The summed E-state index contributed by atoms with van der Waals surface area (Å²) in [5, 5.41) is 3.23. The van der Waals surface area contributed by atoms with Crippen molar-refractivity contribution in [2.75, 3.05) is 5.32 Å². The molecule has 2 nitrogen and oxygen atoms in total. The molecule has 0 aliphatic carbocycles. The van der Waals surface area contributed by atoms with E-state index in [1.54, 1.807) is 12.1 Å². The number of anilines is 1. The van der Waals surface area contributed by atoms with Gasteiger partial charge in [0.2, 0.25) is 0 Å². The predicted molar refractivity (Wildman–Crippen MR) is 73.9 cm³/mol. The summed E-state index contributed by atoms with van der Waals surface area (Å²) in [6, 6.07) is 8.47. The highest BCUT2D eigenvalue weighted by atomic mass is 32.1. The largest absolute Gasteiger partial charge is 0.382 e. The summed E-state index contributed by atoms with van der Waals surface area (Å²) in [6.45, 7) is 4.04. The molecule has 2 aromatic rings. The van der Waals surface area contributed by atoms with E-state index >= 15 is 0 Å². The van der Waals surface area contributed by atoms with E-state index in [0.717, 1.165) is 22.4 Å². The summed E-state index contributed by atoms with van der Waals surface area (Å²) in [5.41, 5.74) is 1.76. The average Bonchev–Trinajstić information content (AvgIpc) is 2.72. The number of thiophene rings is 1. The van der Waals surface area contributed by atoms with Crippen LogP contribution in [0.1, 0.15) is 23.5 Å². The molecule has 0 saturated heterocycles. The van der Waals surface area contributed by atoms with E-state index in [1.807, 2.05) is 19.9 Å². The second kappa shape index (κ2) is 5.31. The predicted octanol–water partition coefficient (Wildman–Crippen LogP) is 4.19. The van der Waals surface area contributed by atoms with Crippen LogP contribution in [-0.4, -0.2) is 12.3 Å². The third-order valence-corrected chi connectivity index (χ3v) is 3.55. The molecule has 0 aliphatic rings. The normalized spacial score (nSPS) is 10.7. The van der Waals surface area contributed by atoms with Crippen molar-refractivity contribution < 1.29 is 9.18 Å². The molecule has 0 fully saturated rings. The van der Waals surface area contributed by atoms with Crippen LogP contribution < -0.4 is 5.32 Å². The first-order valence-electron chi connectivity index (χ1n) is 5.71. The fraction of sp³-hybridized carbons (Fsp3) is 0.214. The second-order valence-electron chi connectivity index (χ2n) is 4.31. The Kier molecular flexibility index (Phi) is 3.77. The molecule has 0 atom stereocenters. The molecule has 0 amide bonds. The van der Waals surface area contributed by atoms with Crippen LogP contribution in [0.25, 0.3) is 10.4 Å². The molecule has 0 unspecified atom stereocenters. The minimum Gasteiger partial charge on any atom is -0.382 e. The van der Waals surface area contributed by atoms with Crippen LogP contribution in [0.2, 0.25) is 0 Å². The molecule has 1 aromatic heterocycles. The molecule has 94 valence electrons. The van der Waals surface area contributed by atoms with Crippen LogP contribution in [0.3, 0.4) is 0 Å². The first-order chi connectivity index (χ1) is 8.60. The molecule has 4 heteroatoms. The Bertz CT molecular complexity index is 545. The van der Waals surface area contributed by atoms with Crippen molar-refractivity contribution in [3.63, 3.8) is 0 Å². The Morgan fingerprint density at radius 2 is 1.94 bits per heavy atom. The molecule has 0 aliphatic heterocycles. The van der Waals surface area contributed by atoms with Gasteiger partial charge in [0, 0.05) is 10.9 Å². The summed E-state index contributed by atoms with van der Waals surface area (Å²) in [4.78, 5) is 12.6. The van der Waals surface area contributed by atoms with Crippen molar-refractivity contribution in [1.29, 1.82) is 0 Å². The zero-order valence-corrected chi connectivity index (χ0v) is 11.1. The van der Waals surface area contributed by atoms with Crippen molar-refractivity contribution in [3.05, 3.63) is 41.0 Å². The third kappa shape index (κ3) is 2.76. The molecule has 0 saturated carbocycles. The van der Waals surface area contributed by atoms with Crippen LogP contribution in [-0.2, 0) is 0 Å². The van der Waals surface area contributed by atoms with E-state index < -0.39 is 0 Å². The number of halogens is 1. The van der Waals surface area contributed by atoms with Gasteiger partial charge in [0.25, 0.3) is 0 Å². The maximum Gasteiger partial charge on any atom is 0.162 e. The molecular formula is C14H14FNOS. The van der Waals surface area contributed by atoms with Gasteiger partial charge in [-0.25, -0.2) is 4.39 Å². The molecule has 0 spiro atoms. The van der Waals surface area contributed by atoms with Gasteiger partial charge in [-0.1, -0.05) is 12.1 Å². The summed E-state index contributed by atoms with van der Waals surface area (Å²) in [7, 11) is 0. The highest BCUT2D eigenvalue weighted by Gasteiger charge is 2.10. The smallest absolute Gasteiger partial charge is 0.162 e. The van der Waals surface area contributed by atoms with Crippen LogP contribution in [0, 0.1) is 5.82 Å². The van der Waals surface area contributed by atoms with Gasteiger partial charge in [0.05, 0.1) is 10.6 Å². The number of carbonyl (C=O) groups excluding carboxylic acids is 1. The van der Waals surface area contributed by atoms with E-state index in [1.165, 1.54) is 23.5 Å². The number of nitrogens with one attached hydrogen (secondary N) is 1. The maximum absolute atomic E-state index is 12.9. The fourth-order valence-electron chi connectivity index (χ4n) is 1.67. The number of hydrogen-bond donors (Lipinski definition) is 1. The van der Waals surface area contributed by atoms with Crippen molar-refractivity contribution in [1.82, 2.24) is 0 Å². The van der Waals surface area contributed by atoms with Crippen LogP contribution in [0.5, 0.6) is 0 Å². The van der Waals surface area contributed by atoms with Crippen molar-refractivity contribution in [2.45, 2.75) is 19.9 Å². The topological polar surface area (TPSA) is 29.1 Å². The molecular weight excluding hydrogens is 249 g/mol. The van der Waals surface area contributed by atoms with Gasteiger partial charge >= 0.3 is 0 Å². The lowest BCUT2D eigenvalue weighted by Gasteiger charge is -2.07. The number of rotatable bonds is 4. The maximum atomic E-state index is 12.9. The number of carbonyl (C=O) groups is 1. The van der Waals surface area contributed by atoms with Crippen molar-refractivity contribution in [3.8, 4) is 10.4 Å². The molecule has 18 heavy (non-hydrogen) atoms. The van der Waals surface area contributed by atoms with Crippen molar-refractivity contribution in [2.24, 2.45) is 0 Å². The van der Waals surface area contributed by atoms with E-state index in [2.05, 4.69) is 5.32 Å². The number of hydrogen-bond acceptors (Lipinski definition) is 3. The molecule has 0 bridgehead atoms. The lowest BCUT2D eigenvalue weighted by atomic mass is 10.2. The lowest BCUT2D eigenvalue weighted by Crippen LogP contribution is -2.09. The molecule has 1 N–H and O–H groups in total. The zero-order valence-electron chi connectivity index (χ0n) is 10.2. The lowest BCUT2D eigenvalue weighted by molar-refractivity contribution is 0.112. The highest BCUT2D eigenvalue weighted by molar-refractivity contribution is 7.17. The van der Waals surface area contributed by atoms with Crippen molar-refractivity contribution >= 4 is 23.3 Å². The summed E-state index contributed by atoms with van der Waals surface area (Å²) >= 11 is 1.41. The monoisotopic (exact) mass is 263 g/mol. The Morgan fingerprint density at radius 3 is 2.50 bits per heavy atom. The second-order valence-corrected chi connectivity index (χ2v) is 5.40. The van der Waals surface area contributed by atoms with E-state index in [4.69, 9.17) is 0 Å². The first-order valence-corrected chi connectivity index (χ1v) is 6.53. The summed E-state index contributed by atoms with van der Waals surface area (Å²) in [6.07, 6.45) is 0.850. The quantitative estimate of drug-likeness (QED) is 0.838. The van der Waals surface area contributed by atoms with Gasteiger partial charge in [-0.05, 0) is 37.6 Å². The van der Waals surface area contributed by atoms with Gasteiger partial charge in [-0.15, -0.1) is 11.3 Å². The standard InChI is InChI=1S/C14H14FNOS/c1-9(2)16-12-7-13(18-14(12)8-17)10-3-5-11(15)6-4-10/h3-9,16H,1-2H3. The SMILES string of the molecule is CC(C)Nc1cc(-c2ccc(F)cc2)sc1C=O. The Morgan fingerprint density at radius 1 is 1.28 bits per heavy atom. The average molecular weight is 263 g/mol. The Hall–Kier alpha value is -1.68. The summed E-state index contributed by atoms with van der Waals surface area (Å²) < 4.78 is 12.9. The van der Waals surface area contributed by atoms with Crippen LogP contribution in [0.4, 0.5) is 10.1 Å².